The van der Waals surface area contributed by atoms with E-state index in [1.54, 1.807) is 0 Å². The summed E-state index contributed by atoms with van der Waals surface area (Å²) in [6.45, 7) is 0.483. The first-order chi connectivity index (χ1) is 15.7. The molecule has 1 aliphatic heterocycles. The second kappa shape index (κ2) is 7.64. The molecule has 3 heterocycles. The average Bonchev–Trinajstić information content (AvgIpc) is 3.61. The van der Waals surface area contributed by atoms with Gasteiger partial charge < -0.3 is 14.8 Å². The Morgan fingerprint density at radius 2 is 1.88 bits per heavy atom. The average molecular weight is 462 g/mol. The number of hydrogen-bond acceptors (Lipinski definition) is 6. The van der Waals surface area contributed by atoms with Gasteiger partial charge in [-0.25, -0.2) is 9.78 Å². The van der Waals surface area contributed by atoms with Gasteiger partial charge >= 0.3 is 11.9 Å². The molecule has 1 fully saturated rings. The standard InChI is InChI=1S/C21H17F3N4O5/c22-21(23,24)16(10-1-4-14-15(8-10)33-6-5-32-14)26-18(29)11-7-13-17(25-9-11)28(12-2-3-12)20(31)27-19(13)30/h1,4,7-9,12,16H,2-3,5-6H2,(H,26,29)(H,27,30,31)/t16-/m0/s1. The van der Waals surface area contributed by atoms with Crippen molar-refractivity contribution in [2.24, 2.45) is 0 Å². The predicted molar refractivity (Wildman–Crippen MR) is 109 cm³/mol. The molecule has 1 atom stereocenters. The van der Waals surface area contributed by atoms with Crippen molar-refractivity contribution in [2.45, 2.75) is 31.1 Å². The Kier molecular flexibility index (Phi) is 4.87. The van der Waals surface area contributed by atoms with Gasteiger partial charge in [-0.3, -0.25) is 19.1 Å². The minimum atomic E-state index is -4.81. The Hall–Kier alpha value is -3.83. The molecule has 0 bridgehead atoms. The predicted octanol–water partition coefficient (Wildman–Crippen LogP) is 2.22. The third-order valence-corrected chi connectivity index (χ3v) is 5.46. The van der Waals surface area contributed by atoms with Crippen molar-refractivity contribution in [3.8, 4) is 11.5 Å². The van der Waals surface area contributed by atoms with E-state index in [4.69, 9.17) is 9.47 Å². The summed E-state index contributed by atoms with van der Waals surface area (Å²) >= 11 is 0. The van der Waals surface area contributed by atoms with Gasteiger partial charge in [-0.15, -0.1) is 0 Å². The zero-order valence-corrected chi connectivity index (χ0v) is 16.9. The van der Waals surface area contributed by atoms with Crippen molar-refractivity contribution in [2.75, 3.05) is 13.2 Å². The van der Waals surface area contributed by atoms with E-state index < -0.39 is 29.4 Å². The SMILES string of the molecule is O=C(N[C@@H](c1ccc2c(c1)OCCO2)C(F)(F)F)c1cnc2c(c1)c(=O)[nH]c(=O)n2C1CC1. The maximum atomic E-state index is 13.8. The molecule has 9 nitrogen and oxygen atoms in total. The summed E-state index contributed by atoms with van der Waals surface area (Å²) < 4.78 is 53.5. The smallest absolute Gasteiger partial charge is 0.412 e. The van der Waals surface area contributed by atoms with E-state index in [9.17, 15) is 27.6 Å². The number of carbonyl (C=O) groups excluding carboxylic acids is 1. The van der Waals surface area contributed by atoms with Crippen LogP contribution in [0.2, 0.25) is 0 Å². The number of aromatic nitrogens is 3. The van der Waals surface area contributed by atoms with Crippen molar-refractivity contribution < 1.29 is 27.4 Å². The van der Waals surface area contributed by atoms with Crippen LogP contribution in [0.25, 0.3) is 11.0 Å². The molecule has 1 saturated carbocycles. The van der Waals surface area contributed by atoms with E-state index in [2.05, 4.69) is 9.97 Å². The third-order valence-electron chi connectivity index (χ3n) is 5.46. The Morgan fingerprint density at radius 1 is 1.15 bits per heavy atom. The quantitative estimate of drug-likeness (QED) is 0.615. The molecular formula is C21H17F3N4O5. The molecule has 0 unspecified atom stereocenters. The summed E-state index contributed by atoms with van der Waals surface area (Å²) in [5.41, 5.74) is -1.79. The van der Waals surface area contributed by atoms with Gasteiger partial charge in [0, 0.05) is 12.2 Å². The number of aromatic amines is 1. The number of nitrogens with one attached hydrogen (secondary N) is 2. The van der Waals surface area contributed by atoms with Crippen molar-refractivity contribution in [1.82, 2.24) is 19.9 Å². The number of alkyl halides is 3. The molecule has 0 spiro atoms. The monoisotopic (exact) mass is 462 g/mol. The Bertz CT molecular complexity index is 1380. The lowest BCUT2D eigenvalue weighted by Gasteiger charge is -2.24. The number of pyridine rings is 1. The highest BCUT2D eigenvalue weighted by Crippen LogP contribution is 2.38. The fourth-order valence-electron chi connectivity index (χ4n) is 3.74. The molecule has 1 aromatic carbocycles. The van der Waals surface area contributed by atoms with Crippen LogP contribution in [0.3, 0.4) is 0 Å². The minimum Gasteiger partial charge on any atom is -0.486 e. The van der Waals surface area contributed by atoms with Crippen molar-refractivity contribution in [3.63, 3.8) is 0 Å². The maximum Gasteiger partial charge on any atom is 0.412 e. The Morgan fingerprint density at radius 3 is 2.58 bits per heavy atom. The number of rotatable bonds is 4. The highest BCUT2D eigenvalue weighted by Gasteiger charge is 2.42. The van der Waals surface area contributed by atoms with Gasteiger partial charge in [0.2, 0.25) is 0 Å². The number of benzene rings is 1. The van der Waals surface area contributed by atoms with E-state index in [0.29, 0.717) is 5.75 Å². The molecule has 0 saturated heterocycles. The molecular weight excluding hydrogens is 445 g/mol. The van der Waals surface area contributed by atoms with E-state index in [1.807, 2.05) is 5.32 Å². The topological polar surface area (TPSA) is 115 Å². The molecule has 5 rings (SSSR count). The summed E-state index contributed by atoms with van der Waals surface area (Å²) in [6.07, 6.45) is -2.28. The maximum absolute atomic E-state index is 13.8. The number of carbonyl (C=O) groups is 1. The molecule has 3 aromatic rings. The van der Waals surface area contributed by atoms with Gasteiger partial charge in [0.15, 0.2) is 17.5 Å². The molecule has 2 aliphatic rings. The normalized spacial score (nSPS) is 16.5. The second-order valence-electron chi connectivity index (χ2n) is 7.81. The van der Waals surface area contributed by atoms with Crippen LogP contribution in [0.15, 0.2) is 40.1 Å². The molecule has 1 amide bonds. The van der Waals surface area contributed by atoms with Crippen molar-refractivity contribution in [3.05, 3.63) is 62.4 Å². The summed E-state index contributed by atoms with van der Waals surface area (Å²) in [5, 5.41) is 1.90. The summed E-state index contributed by atoms with van der Waals surface area (Å²) in [7, 11) is 0. The summed E-state index contributed by atoms with van der Waals surface area (Å²) in [5.74, 6) is -0.610. The zero-order valence-electron chi connectivity index (χ0n) is 16.9. The lowest BCUT2D eigenvalue weighted by molar-refractivity contribution is -0.155. The van der Waals surface area contributed by atoms with Crippen LogP contribution in [0.4, 0.5) is 13.2 Å². The number of nitrogens with zero attached hydrogens (tertiary/aromatic N) is 2. The van der Waals surface area contributed by atoms with E-state index >= 15 is 0 Å². The van der Waals surface area contributed by atoms with Gasteiger partial charge in [-0.2, -0.15) is 13.2 Å². The third kappa shape index (κ3) is 3.92. The van der Waals surface area contributed by atoms with Gasteiger partial charge in [0.05, 0.1) is 10.9 Å². The fourth-order valence-corrected chi connectivity index (χ4v) is 3.74. The number of hydrogen-bond donors (Lipinski definition) is 2. The van der Waals surface area contributed by atoms with Crippen LogP contribution < -0.4 is 26.0 Å². The van der Waals surface area contributed by atoms with Gasteiger partial charge in [-0.1, -0.05) is 6.07 Å². The first-order valence-electron chi connectivity index (χ1n) is 10.1. The zero-order chi connectivity index (χ0) is 23.3. The molecule has 1 aliphatic carbocycles. The molecule has 0 radical (unpaired) electrons. The Balaban J connectivity index is 1.49. The number of fused-ring (bicyclic) bond motifs is 2. The number of amides is 1. The lowest BCUT2D eigenvalue weighted by Crippen LogP contribution is -2.38. The van der Waals surface area contributed by atoms with E-state index in [-0.39, 0.29) is 47.2 Å². The van der Waals surface area contributed by atoms with Crippen LogP contribution >= 0.6 is 0 Å². The summed E-state index contributed by atoms with van der Waals surface area (Å²) in [4.78, 5) is 43.3. The highest BCUT2D eigenvalue weighted by molar-refractivity contribution is 5.97. The molecule has 2 N–H and O–H groups in total. The van der Waals surface area contributed by atoms with Crippen LogP contribution in [0, 0.1) is 0 Å². The van der Waals surface area contributed by atoms with Gasteiger partial charge in [-0.05, 0) is 36.6 Å². The molecule has 2 aromatic heterocycles. The molecule has 33 heavy (non-hydrogen) atoms. The second-order valence-corrected chi connectivity index (χ2v) is 7.81. The Labute approximate surface area is 183 Å². The number of ether oxygens (including phenoxy) is 2. The minimum absolute atomic E-state index is 0.0583. The highest BCUT2D eigenvalue weighted by atomic mass is 19.4. The van der Waals surface area contributed by atoms with Gasteiger partial charge in [0.25, 0.3) is 11.5 Å². The molecule has 172 valence electrons. The van der Waals surface area contributed by atoms with E-state index in [0.717, 1.165) is 25.1 Å². The van der Waals surface area contributed by atoms with Crippen LogP contribution in [0.5, 0.6) is 11.5 Å². The summed E-state index contributed by atoms with van der Waals surface area (Å²) in [6, 6.07) is 2.41. The first kappa shape index (κ1) is 21.0. The first-order valence-corrected chi connectivity index (χ1v) is 10.1. The lowest BCUT2D eigenvalue weighted by atomic mass is 10.0. The number of H-pyrrole nitrogens is 1. The van der Waals surface area contributed by atoms with Crippen LogP contribution in [0.1, 0.15) is 40.8 Å². The number of halogens is 3. The fraction of sp³-hybridized carbons (Fsp3) is 0.333. The van der Waals surface area contributed by atoms with Crippen molar-refractivity contribution in [1.29, 1.82) is 0 Å². The van der Waals surface area contributed by atoms with E-state index in [1.165, 1.54) is 22.8 Å². The van der Waals surface area contributed by atoms with Crippen LogP contribution in [-0.2, 0) is 0 Å². The van der Waals surface area contributed by atoms with Gasteiger partial charge in [0.1, 0.15) is 18.9 Å². The van der Waals surface area contributed by atoms with Crippen molar-refractivity contribution >= 4 is 16.9 Å². The molecule has 12 heteroatoms. The van der Waals surface area contributed by atoms with Crippen LogP contribution in [-0.4, -0.2) is 39.8 Å². The largest absolute Gasteiger partial charge is 0.486 e.